The number of piperidine rings is 1. The molecule has 1 N–H and O–H groups in total. The Morgan fingerprint density at radius 1 is 1.17 bits per heavy atom. The summed E-state index contributed by atoms with van der Waals surface area (Å²) in [4.78, 5) is 14.8. The van der Waals surface area contributed by atoms with Crippen LogP contribution >= 0.6 is 12.4 Å². The third kappa shape index (κ3) is 3.25. The van der Waals surface area contributed by atoms with Crippen molar-refractivity contribution in [2.75, 3.05) is 25.9 Å². The first-order chi connectivity index (χ1) is 10.4. The molecule has 0 aliphatic carbocycles. The second-order valence-corrected chi connectivity index (χ2v) is 8.59. The summed E-state index contributed by atoms with van der Waals surface area (Å²) in [6.07, 6.45) is 2.72. The summed E-state index contributed by atoms with van der Waals surface area (Å²) in [6, 6.07) is 8.06. The Morgan fingerprint density at radius 3 is 2.39 bits per heavy atom. The van der Waals surface area contributed by atoms with Crippen molar-refractivity contribution in [3.8, 4) is 0 Å². The van der Waals surface area contributed by atoms with Gasteiger partial charge >= 0.3 is 0 Å². The minimum Gasteiger partial charge on any atom is -0.337 e. The van der Waals surface area contributed by atoms with Crippen molar-refractivity contribution in [1.29, 1.82) is 0 Å². The standard InChI is InChI=1S/C16H22N2O3S.ClH/c1-22(20,21)16(7-9-17-10-8-16)15(19)18-11-6-13-4-2-3-5-14(13)12-18;/h2-5,17H,6-12H2,1H3;1H. The first-order valence-electron chi connectivity index (χ1n) is 7.70. The zero-order chi connectivity index (χ0) is 15.8. The molecule has 3 rings (SSSR count). The predicted octanol–water partition coefficient (Wildman–Crippen LogP) is 1.16. The Kier molecular flexibility index (Phi) is 5.38. The van der Waals surface area contributed by atoms with E-state index in [-0.39, 0.29) is 18.3 Å². The molecule has 0 spiro atoms. The fraction of sp³-hybridized carbons (Fsp3) is 0.562. The largest absolute Gasteiger partial charge is 0.337 e. The minimum absolute atomic E-state index is 0. The van der Waals surface area contributed by atoms with Crippen molar-refractivity contribution >= 4 is 28.2 Å². The number of hydrogen-bond donors (Lipinski definition) is 1. The van der Waals surface area contributed by atoms with Crippen molar-refractivity contribution in [2.45, 2.75) is 30.6 Å². The predicted molar refractivity (Wildman–Crippen MR) is 92.5 cm³/mol. The molecule has 1 fully saturated rings. The van der Waals surface area contributed by atoms with E-state index in [2.05, 4.69) is 11.4 Å². The van der Waals surface area contributed by atoms with Crippen LogP contribution in [0.4, 0.5) is 0 Å². The van der Waals surface area contributed by atoms with Crippen LogP contribution in [-0.4, -0.2) is 49.9 Å². The Morgan fingerprint density at radius 2 is 1.78 bits per heavy atom. The Balaban J connectivity index is 0.00000192. The van der Waals surface area contributed by atoms with E-state index in [1.807, 2.05) is 18.2 Å². The number of fused-ring (bicyclic) bond motifs is 1. The maximum absolute atomic E-state index is 13.1. The summed E-state index contributed by atoms with van der Waals surface area (Å²) < 4.78 is 23.5. The van der Waals surface area contributed by atoms with Crippen molar-refractivity contribution in [3.63, 3.8) is 0 Å². The zero-order valence-electron chi connectivity index (χ0n) is 13.2. The average molecular weight is 359 g/mol. The highest BCUT2D eigenvalue weighted by Gasteiger charge is 2.50. The molecule has 0 aromatic heterocycles. The van der Waals surface area contributed by atoms with Crippen LogP contribution in [0.1, 0.15) is 24.0 Å². The lowest BCUT2D eigenvalue weighted by atomic mass is 9.93. The van der Waals surface area contributed by atoms with Gasteiger partial charge in [-0.25, -0.2) is 8.42 Å². The molecule has 1 aromatic carbocycles. The number of carbonyl (C=O) groups excluding carboxylic acids is 1. The van der Waals surface area contributed by atoms with E-state index in [0.717, 1.165) is 12.0 Å². The van der Waals surface area contributed by atoms with Crippen LogP contribution in [0, 0.1) is 0 Å². The number of rotatable bonds is 2. The number of halogens is 1. The van der Waals surface area contributed by atoms with E-state index in [1.165, 1.54) is 11.8 Å². The van der Waals surface area contributed by atoms with Crippen LogP contribution in [0.3, 0.4) is 0 Å². The van der Waals surface area contributed by atoms with Crippen molar-refractivity contribution in [1.82, 2.24) is 10.2 Å². The number of nitrogens with zero attached hydrogens (tertiary/aromatic N) is 1. The van der Waals surface area contributed by atoms with Crippen LogP contribution < -0.4 is 5.32 Å². The normalized spacial score (nSPS) is 20.3. The Labute approximate surface area is 143 Å². The quantitative estimate of drug-likeness (QED) is 0.861. The molecule has 7 heteroatoms. The fourth-order valence-corrected chi connectivity index (χ4v) is 4.92. The number of sulfone groups is 1. The van der Waals surface area contributed by atoms with Crippen molar-refractivity contribution in [2.24, 2.45) is 0 Å². The van der Waals surface area contributed by atoms with Gasteiger partial charge in [0.25, 0.3) is 0 Å². The number of nitrogens with one attached hydrogen (secondary N) is 1. The molecule has 1 saturated heterocycles. The van der Waals surface area contributed by atoms with Crippen LogP contribution in [-0.2, 0) is 27.6 Å². The first-order valence-corrected chi connectivity index (χ1v) is 9.60. The van der Waals surface area contributed by atoms with Gasteiger partial charge in [0.2, 0.25) is 5.91 Å². The van der Waals surface area contributed by atoms with Crippen molar-refractivity contribution < 1.29 is 13.2 Å². The molecular formula is C16H23ClN2O3S. The summed E-state index contributed by atoms with van der Waals surface area (Å²) in [5, 5.41) is 3.15. The van der Waals surface area contributed by atoms with Gasteiger partial charge in [-0.1, -0.05) is 24.3 Å². The van der Waals surface area contributed by atoms with Gasteiger partial charge < -0.3 is 10.2 Å². The Hall–Kier alpha value is -1.11. The minimum atomic E-state index is -3.44. The number of carbonyl (C=O) groups is 1. The highest BCUT2D eigenvalue weighted by molar-refractivity contribution is 7.92. The number of amides is 1. The van der Waals surface area contributed by atoms with Crippen LogP contribution in [0.5, 0.6) is 0 Å². The number of hydrogen-bond acceptors (Lipinski definition) is 4. The van der Waals surface area contributed by atoms with Gasteiger partial charge in [0.1, 0.15) is 0 Å². The highest BCUT2D eigenvalue weighted by Crippen LogP contribution is 2.32. The smallest absolute Gasteiger partial charge is 0.244 e. The zero-order valence-corrected chi connectivity index (χ0v) is 14.9. The van der Waals surface area contributed by atoms with E-state index in [1.54, 1.807) is 4.90 Å². The maximum atomic E-state index is 13.1. The lowest BCUT2D eigenvalue weighted by Gasteiger charge is -2.40. The molecule has 0 atom stereocenters. The summed E-state index contributed by atoms with van der Waals surface area (Å²) >= 11 is 0. The lowest BCUT2D eigenvalue weighted by molar-refractivity contribution is -0.135. The monoisotopic (exact) mass is 358 g/mol. The third-order valence-electron chi connectivity index (χ3n) is 4.93. The van der Waals surface area contributed by atoms with E-state index in [9.17, 15) is 13.2 Å². The molecule has 5 nitrogen and oxygen atoms in total. The van der Waals surface area contributed by atoms with Crippen LogP contribution in [0.15, 0.2) is 24.3 Å². The van der Waals surface area contributed by atoms with Gasteiger partial charge in [0.05, 0.1) is 0 Å². The summed E-state index contributed by atoms with van der Waals surface area (Å²) in [5.74, 6) is -0.217. The van der Waals surface area contributed by atoms with Crippen LogP contribution in [0.2, 0.25) is 0 Å². The van der Waals surface area contributed by atoms with Gasteiger partial charge in [-0.3, -0.25) is 4.79 Å². The molecule has 0 saturated carbocycles. The van der Waals surface area contributed by atoms with Gasteiger partial charge in [0.15, 0.2) is 14.6 Å². The van der Waals surface area contributed by atoms with E-state index >= 15 is 0 Å². The topological polar surface area (TPSA) is 66.5 Å². The second kappa shape index (κ2) is 6.79. The molecule has 128 valence electrons. The first kappa shape index (κ1) is 18.2. The summed E-state index contributed by atoms with van der Waals surface area (Å²) in [6.45, 7) is 2.26. The molecule has 2 aliphatic heterocycles. The molecule has 23 heavy (non-hydrogen) atoms. The molecule has 2 heterocycles. The maximum Gasteiger partial charge on any atom is 0.244 e. The molecule has 2 aliphatic rings. The van der Waals surface area contributed by atoms with Gasteiger partial charge in [0, 0.05) is 19.3 Å². The second-order valence-electron chi connectivity index (χ2n) is 6.26. The molecule has 0 unspecified atom stereocenters. The van der Waals surface area contributed by atoms with Gasteiger partial charge in [-0.2, -0.15) is 0 Å². The van der Waals surface area contributed by atoms with Crippen molar-refractivity contribution in [3.05, 3.63) is 35.4 Å². The molecule has 0 bridgehead atoms. The highest BCUT2D eigenvalue weighted by atomic mass is 35.5. The third-order valence-corrected chi connectivity index (χ3v) is 6.93. The molecule has 1 aromatic rings. The van der Waals surface area contributed by atoms with E-state index in [0.29, 0.717) is 39.0 Å². The molecular weight excluding hydrogens is 336 g/mol. The van der Waals surface area contributed by atoms with Gasteiger partial charge in [-0.15, -0.1) is 12.4 Å². The fourth-order valence-electron chi connectivity index (χ4n) is 3.53. The van der Waals surface area contributed by atoms with E-state index in [4.69, 9.17) is 0 Å². The molecule has 0 radical (unpaired) electrons. The van der Waals surface area contributed by atoms with Gasteiger partial charge in [-0.05, 0) is 43.5 Å². The number of benzene rings is 1. The summed E-state index contributed by atoms with van der Waals surface area (Å²) in [5.41, 5.74) is 2.38. The SMILES string of the molecule is CS(=O)(=O)C1(C(=O)N2CCc3ccccc3C2)CCNCC1.Cl. The summed E-state index contributed by atoms with van der Waals surface area (Å²) in [7, 11) is -3.44. The Bertz CT molecular complexity index is 684. The van der Waals surface area contributed by atoms with Crippen LogP contribution in [0.25, 0.3) is 0 Å². The van der Waals surface area contributed by atoms with E-state index < -0.39 is 14.6 Å². The lowest BCUT2D eigenvalue weighted by Crippen LogP contribution is -2.58. The average Bonchev–Trinajstić information content (AvgIpc) is 2.53. The molecule has 1 amide bonds.